The molecule has 0 aliphatic heterocycles. The molecule has 3 rings (SSSR count). The van der Waals surface area contributed by atoms with Gasteiger partial charge in [0, 0.05) is 22.6 Å². The standard InChI is InChI=1S/C14H11BrN4OS/c1-7-4-8(15)6-9(5-7)19-13(20)12-10(16)11-14(21-12)18-3-2-17-11/h2-6H,16H2,1H3,(H,19,20). The Labute approximate surface area is 133 Å². The van der Waals surface area contributed by atoms with E-state index in [9.17, 15) is 4.79 Å². The van der Waals surface area contributed by atoms with Crippen LogP contribution in [0.2, 0.25) is 0 Å². The molecule has 2 aromatic heterocycles. The van der Waals surface area contributed by atoms with Crippen molar-refractivity contribution >= 4 is 54.9 Å². The van der Waals surface area contributed by atoms with Gasteiger partial charge in [0.1, 0.15) is 15.2 Å². The van der Waals surface area contributed by atoms with Crippen LogP contribution in [0.1, 0.15) is 15.2 Å². The van der Waals surface area contributed by atoms with Crippen LogP contribution in [0.5, 0.6) is 0 Å². The van der Waals surface area contributed by atoms with Crippen LogP contribution in [0.3, 0.4) is 0 Å². The predicted octanol–water partition coefficient (Wildman–Crippen LogP) is 3.60. The monoisotopic (exact) mass is 362 g/mol. The van der Waals surface area contributed by atoms with E-state index in [0.717, 1.165) is 10.0 Å². The van der Waals surface area contributed by atoms with Crippen molar-refractivity contribution < 1.29 is 4.79 Å². The third kappa shape index (κ3) is 2.74. The van der Waals surface area contributed by atoms with Crippen molar-refractivity contribution in [3.05, 3.63) is 45.5 Å². The van der Waals surface area contributed by atoms with Gasteiger partial charge < -0.3 is 11.1 Å². The van der Waals surface area contributed by atoms with Crippen LogP contribution in [-0.4, -0.2) is 15.9 Å². The minimum atomic E-state index is -0.255. The van der Waals surface area contributed by atoms with E-state index in [2.05, 4.69) is 31.2 Å². The van der Waals surface area contributed by atoms with Gasteiger partial charge in [0.05, 0.1) is 5.69 Å². The Morgan fingerprint density at radius 1 is 1.29 bits per heavy atom. The first-order valence-electron chi connectivity index (χ1n) is 6.12. The van der Waals surface area contributed by atoms with Crippen molar-refractivity contribution in [2.75, 3.05) is 11.1 Å². The first kappa shape index (κ1) is 14.0. The normalized spacial score (nSPS) is 10.8. The van der Waals surface area contributed by atoms with E-state index >= 15 is 0 Å². The number of thiophene rings is 1. The lowest BCUT2D eigenvalue weighted by molar-refractivity contribution is 0.103. The molecule has 7 heteroatoms. The average Bonchev–Trinajstić information content (AvgIpc) is 2.76. The van der Waals surface area contributed by atoms with Crippen LogP contribution in [0.4, 0.5) is 11.4 Å². The number of carbonyl (C=O) groups is 1. The summed E-state index contributed by atoms with van der Waals surface area (Å²) in [5.74, 6) is -0.255. The van der Waals surface area contributed by atoms with Crippen molar-refractivity contribution in [3.63, 3.8) is 0 Å². The number of carbonyl (C=O) groups excluding carboxylic acids is 1. The highest BCUT2D eigenvalue weighted by atomic mass is 79.9. The van der Waals surface area contributed by atoms with Crippen molar-refractivity contribution in [2.45, 2.75) is 6.92 Å². The van der Waals surface area contributed by atoms with Crippen molar-refractivity contribution in [3.8, 4) is 0 Å². The summed E-state index contributed by atoms with van der Waals surface area (Å²) in [5.41, 5.74) is 8.69. The first-order valence-corrected chi connectivity index (χ1v) is 7.73. The number of anilines is 2. The lowest BCUT2D eigenvalue weighted by Crippen LogP contribution is -2.12. The molecule has 0 aliphatic carbocycles. The number of aryl methyl sites for hydroxylation is 1. The van der Waals surface area contributed by atoms with Gasteiger partial charge in [0.2, 0.25) is 0 Å². The zero-order valence-corrected chi connectivity index (χ0v) is 13.5. The van der Waals surface area contributed by atoms with E-state index in [-0.39, 0.29) is 5.91 Å². The van der Waals surface area contributed by atoms with Crippen molar-refractivity contribution in [1.82, 2.24) is 9.97 Å². The molecule has 0 atom stereocenters. The number of amides is 1. The van der Waals surface area contributed by atoms with E-state index in [4.69, 9.17) is 5.73 Å². The van der Waals surface area contributed by atoms with E-state index in [1.54, 1.807) is 12.4 Å². The molecule has 0 unspecified atom stereocenters. The van der Waals surface area contributed by atoms with E-state index in [1.165, 1.54) is 11.3 Å². The Balaban J connectivity index is 1.95. The van der Waals surface area contributed by atoms with Crippen LogP contribution in [0.15, 0.2) is 35.1 Å². The molecule has 3 N–H and O–H groups in total. The minimum Gasteiger partial charge on any atom is -0.396 e. The number of nitrogens with zero attached hydrogens (tertiary/aromatic N) is 2. The smallest absolute Gasteiger partial charge is 0.268 e. The average molecular weight is 363 g/mol. The van der Waals surface area contributed by atoms with Gasteiger partial charge in [-0.3, -0.25) is 4.79 Å². The number of benzene rings is 1. The van der Waals surface area contributed by atoms with Crippen LogP contribution < -0.4 is 11.1 Å². The number of hydrogen-bond acceptors (Lipinski definition) is 5. The SMILES string of the molecule is Cc1cc(Br)cc(NC(=O)c2sc3nccnc3c2N)c1. The molecule has 106 valence electrons. The third-order valence-electron chi connectivity index (χ3n) is 2.87. The van der Waals surface area contributed by atoms with Gasteiger partial charge in [0.15, 0.2) is 0 Å². The number of hydrogen-bond donors (Lipinski definition) is 2. The maximum atomic E-state index is 12.4. The fourth-order valence-electron chi connectivity index (χ4n) is 2.01. The molecule has 1 aromatic carbocycles. The number of nitrogens with one attached hydrogen (secondary N) is 1. The van der Waals surface area contributed by atoms with Crippen molar-refractivity contribution in [1.29, 1.82) is 0 Å². The topological polar surface area (TPSA) is 80.9 Å². The number of nitrogens with two attached hydrogens (primary N) is 1. The molecule has 2 heterocycles. The van der Waals surface area contributed by atoms with Crippen LogP contribution in [-0.2, 0) is 0 Å². The van der Waals surface area contributed by atoms with Gasteiger partial charge >= 0.3 is 0 Å². The molecule has 0 saturated heterocycles. The van der Waals surface area contributed by atoms with Crippen molar-refractivity contribution in [2.24, 2.45) is 0 Å². The molecule has 0 bridgehead atoms. The summed E-state index contributed by atoms with van der Waals surface area (Å²) in [6.07, 6.45) is 3.14. The lowest BCUT2D eigenvalue weighted by atomic mass is 10.2. The van der Waals surface area contributed by atoms with E-state index < -0.39 is 0 Å². The molecule has 3 aromatic rings. The Bertz CT molecular complexity index is 826. The second-order valence-corrected chi connectivity index (χ2v) is 6.44. The summed E-state index contributed by atoms with van der Waals surface area (Å²) in [5, 5.41) is 2.85. The Kier molecular flexibility index (Phi) is 3.60. The fourth-order valence-corrected chi connectivity index (χ4v) is 3.53. The molecule has 0 spiro atoms. The predicted molar refractivity (Wildman–Crippen MR) is 88.7 cm³/mol. The lowest BCUT2D eigenvalue weighted by Gasteiger charge is -2.06. The molecule has 21 heavy (non-hydrogen) atoms. The molecule has 1 amide bonds. The maximum Gasteiger partial charge on any atom is 0.268 e. The number of rotatable bonds is 2. The van der Waals surface area contributed by atoms with Gasteiger partial charge in [-0.1, -0.05) is 15.9 Å². The zero-order valence-electron chi connectivity index (χ0n) is 11.1. The summed E-state index contributed by atoms with van der Waals surface area (Å²) >= 11 is 4.65. The quantitative estimate of drug-likeness (QED) is 0.729. The number of halogens is 1. The molecule has 0 aliphatic rings. The highest BCUT2D eigenvalue weighted by Crippen LogP contribution is 2.31. The Hall–Kier alpha value is -1.99. The first-order chi connectivity index (χ1) is 10.0. The molecular weight excluding hydrogens is 352 g/mol. The second-order valence-electron chi connectivity index (χ2n) is 4.53. The maximum absolute atomic E-state index is 12.4. The van der Waals surface area contributed by atoms with Gasteiger partial charge in [-0.2, -0.15) is 0 Å². The van der Waals surface area contributed by atoms with Gasteiger partial charge in [0.25, 0.3) is 5.91 Å². The molecule has 0 saturated carbocycles. The number of aromatic nitrogens is 2. The Morgan fingerprint density at radius 2 is 2.05 bits per heavy atom. The second kappa shape index (κ2) is 5.42. The fraction of sp³-hybridized carbons (Fsp3) is 0.0714. The van der Waals surface area contributed by atoms with Gasteiger partial charge in [-0.15, -0.1) is 11.3 Å². The third-order valence-corrected chi connectivity index (χ3v) is 4.43. The summed E-state index contributed by atoms with van der Waals surface area (Å²) < 4.78 is 0.908. The van der Waals surface area contributed by atoms with Crippen LogP contribution in [0.25, 0.3) is 10.3 Å². The molecule has 5 nitrogen and oxygen atoms in total. The summed E-state index contributed by atoms with van der Waals surface area (Å²) in [6, 6.07) is 5.70. The van der Waals surface area contributed by atoms with Crippen LogP contribution >= 0.6 is 27.3 Å². The molecule has 0 fully saturated rings. The zero-order chi connectivity index (χ0) is 15.0. The summed E-state index contributed by atoms with van der Waals surface area (Å²) in [6.45, 7) is 1.96. The minimum absolute atomic E-state index is 0.255. The van der Waals surface area contributed by atoms with E-state index in [0.29, 0.717) is 26.6 Å². The highest BCUT2D eigenvalue weighted by Gasteiger charge is 2.18. The van der Waals surface area contributed by atoms with E-state index in [1.807, 2.05) is 25.1 Å². The highest BCUT2D eigenvalue weighted by molar-refractivity contribution is 9.10. The summed E-state index contributed by atoms with van der Waals surface area (Å²) in [4.78, 5) is 21.8. The molecule has 0 radical (unpaired) electrons. The number of nitrogen functional groups attached to an aromatic ring is 1. The Morgan fingerprint density at radius 3 is 2.76 bits per heavy atom. The van der Waals surface area contributed by atoms with Gasteiger partial charge in [-0.25, -0.2) is 9.97 Å². The van der Waals surface area contributed by atoms with Crippen LogP contribution in [0, 0.1) is 6.92 Å². The summed E-state index contributed by atoms with van der Waals surface area (Å²) in [7, 11) is 0. The molecular formula is C14H11BrN4OS. The number of fused-ring (bicyclic) bond motifs is 1. The van der Waals surface area contributed by atoms with Gasteiger partial charge in [-0.05, 0) is 30.7 Å². The largest absolute Gasteiger partial charge is 0.396 e.